The van der Waals surface area contributed by atoms with Crippen molar-refractivity contribution in [3.63, 3.8) is 0 Å². The molecule has 0 bridgehead atoms. The number of rotatable bonds is 6. The molecule has 0 aliphatic carbocycles. The van der Waals surface area contributed by atoms with Crippen LogP contribution in [0.2, 0.25) is 0 Å². The van der Waals surface area contributed by atoms with Crippen molar-refractivity contribution in [2.45, 2.75) is 17.7 Å². The topological polar surface area (TPSA) is 63.6 Å². The summed E-state index contributed by atoms with van der Waals surface area (Å²) in [4.78, 5) is 10.8. The molecule has 0 aliphatic heterocycles. The molecule has 1 unspecified atom stereocenters. The van der Waals surface area contributed by atoms with Crippen molar-refractivity contribution in [2.75, 3.05) is 12.4 Å². The molecule has 8 heteroatoms. The Morgan fingerprint density at radius 2 is 1.84 bits per heavy atom. The van der Waals surface area contributed by atoms with Gasteiger partial charge in [0.25, 0.3) is 0 Å². The Kier molecular flexibility index (Phi) is 5.49. The van der Waals surface area contributed by atoms with Gasteiger partial charge in [0.05, 0.1) is 29.6 Å². The van der Waals surface area contributed by atoms with Gasteiger partial charge in [-0.05, 0) is 17.7 Å². The lowest BCUT2D eigenvalue weighted by Crippen LogP contribution is -2.17. The lowest BCUT2D eigenvalue weighted by molar-refractivity contribution is -0.322. The van der Waals surface area contributed by atoms with Crippen LogP contribution in [0.3, 0.4) is 0 Å². The lowest BCUT2D eigenvalue weighted by atomic mass is 10.2. The van der Waals surface area contributed by atoms with Gasteiger partial charge < -0.3 is 5.11 Å². The number of benzene rings is 1. The summed E-state index contributed by atoms with van der Waals surface area (Å²) in [6.07, 6.45) is -4.89. The highest BCUT2D eigenvalue weighted by Crippen LogP contribution is 2.16. The van der Waals surface area contributed by atoms with Gasteiger partial charge in [0.15, 0.2) is 0 Å². The van der Waals surface area contributed by atoms with E-state index in [1.807, 2.05) is 0 Å². The van der Waals surface area contributed by atoms with E-state index in [0.29, 0.717) is 10.5 Å². The Balaban J connectivity index is 2.51. The van der Waals surface area contributed by atoms with E-state index < -0.39 is 29.7 Å². The van der Waals surface area contributed by atoms with E-state index in [0.717, 1.165) is 0 Å². The first-order valence-electron chi connectivity index (χ1n) is 5.18. The Morgan fingerprint density at radius 3 is 2.32 bits per heavy atom. The summed E-state index contributed by atoms with van der Waals surface area (Å²) in [6.45, 7) is -0.688. The van der Waals surface area contributed by atoms with E-state index in [-0.39, 0.29) is 12.2 Å². The first kappa shape index (κ1) is 15.6. The number of hydrogen-bond donors (Lipinski definition) is 1. The third kappa shape index (κ3) is 6.35. The second kappa shape index (κ2) is 6.67. The highest BCUT2D eigenvalue weighted by atomic mass is 32.2. The van der Waals surface area contributed by atoms with Crippen LogP contribution in [-0.4, -0.2) is 34.0 Å². The molecule has 0 amide bonds. The molecule has 0 saturated heterocycles. The number of alkyl halides is 3. The van der Waals surface area contributed by atoms with E-state index >= 15 is 0 Å². The second-order valence-electron chi connectivity index (χ2n) is 3.56. The van der Waals surface area contributed by atoms with Gasteiger partial charge in [-0.15, -0.1) is 13.2 Å². The van der Waals surface area contributed by atoms with Crippen molar-refractivity contribution in [3.05, 3.63) is 29.8 Å². The van der Waals surface area contributed by atoms with Crippen molar-refractivity contribution >= 4 is 16.8 Å². The van der Waals surface area contributed by atoms with E-state index in [1.54, 1.807) is 0 Å². The molecule has 1 atom stereocenters. The summed E-state index contributed by atoms with van der Waals surface area (Å²) < 4.78 is 50.3. The highest BCUT2D eigenvalue weighted by Gasteiger charge is 2.28. The van der Waals surface area contributed by atoms with Crippen LogP contribution in [0.1, 0.15) is 5.56 Å². The molecule has 0 radical (unpaired) electrons. The van der Waals surface area contributed by atoms with E-state index in [2.05, 4.69) is 4.74 Å². The molecule has 4 nitrogen and oxygen atoms in total. The number of ether oxygens (including phenoxy) is 1. The van der Waals surface area contributed by atoms with Crippen LogP contribution in [0.4, 0.5) is 13.2 Å². The molecular weight excluding hydrogens is 285 g/mol. The standard InChI is InChI=1S/C11H11F3O4S/c12-11(13,14)18-5-6-19(17)9-3-1-8(2-4-9)7-10(15)16/h1-4H,5-7H2,(H,15,16). The van der Waals surface area contributed by atoms with E-state index in [9.17, 15) is 22.2 Å². The Bertz CT molecular complexity index is 456. The molecule has 0 saturated carbocycles. The molecule has 0 aliphatic rings. The summed E-state index contributed by atoms with van der Waals surface area (Å²) in [5.74, 6) is -1.27. The zero-order valence-corrected chi connectivity index (χ0v) is 10.5. The van der Waals surface area contributed by atoms with Crippen LogP contribution in [0.25, 0.3) is 0 Å². The maximum atomic E-state index is 11.7. The van der Waals surface area contributed by atoms with Gasteiger partial charge in [-0.2, -0.15) is 0 Å². The molecule has 106 valence electrons. The Hall–Kier alpha value is -1.41. The molecule has 1 aromatic rings. The van der Waals surface area contributed by atoms with E-state index in [1.165, 1.54) is 24.3 Å². The van der Waals surface area contributed by atoms with Crippen LogP contribution in [0.5, 0.6) is 0 Å². The van der Waals surface area contributed by atoms with Crippen molar-refractivity contribution in [1.29, 1.82) is 0 Å². The number of carbonyl (C=O) groups is 1. The maximum absolute atomic E-state index is 11.7. The molecule has 0 heterocycles. The molecule has 1 N–H and O–H groups in total. The fourth-order valence-corrected chi connectivity index (χ4v) is 2.19. The zero-order chi connectivity index (χ0) is 14.5. The van der Waals surface area contributed by atoms with Crippen molar-refractivity contribution in [3.8, 4) is 0 Å². The molecule has 1 rings (SSSR count). The summed E-state index contributed by atoms with van der Waals surface area (Å²) in [7, 11) is -1.61. The van der Waals surface area contributed by atoms with Gasteiger partial charge in [0.1, 0.15) is 0 Å². The minimum absolute atomic E-state index is 0.163. The molecular formula is C11H11F3O4S. The third-order valence-corrected chi connectivity index (χ3v) is 3.41. The maximum Gasteiger partial charge on any atom is 0.522 e. The minimum Gasteiger partial charge on any atom is -0.481 e. The van der Waals surface area contributed by atoms with Crippen LogP contribution in [0.15, 0.2) is 29.2 Å². The second-order valence-corrected chi connectivity index (χ2v) is 5.13. The third-order valence-electron chi connectivity index (χ3n) is 2.08. The van der Waals surface area contributed by atoms with Gasteiger partial charge in [0.2, 0.25) is 0 Å². The number of aliphatic carboxylic acids is 1. The van der Waals surface area contributed by atoms with E-state index in [4.69, 9.17) is 5.11 Å². The first-order valence-corrected chi connectivity index (χ1v) is 6.49. The first-order chi connectivity index (χ1) is 8.78. The van der Waals surface area contributed by atoms with Crippen molar-refractivity contribution in [2.24, 2.45) is 0 Å². The fourth-order valence-electron chi connectivity index (χ4n) is 1.28. The Labute approximate surface area is 109 Å². The summed E-state index contributed by atoms with van der Waals surface area (Å²) in [5.41, 5.74) is 0.528. The predicted octanol–water partition coefficient (Wildman–Crippen LogP) is 1.96. The monoisotopic (exact) mass is 296 g/mol. The normalized spacial score (nSPS) is 13.2. The summed E-state index contributed by atoms with van der Waals surface area (Å²) >= 11 is 0. The fraction of sp³-hybridized carbons (Fsp3) is 0.364. The van der Waals surface area contributed by atoms with Crippen molar-refractivity contribution in [1.82, 2.24) is 0 Å². The molecule has 1 aromatic carbocycles. The quantitative estimate of drug-likeness (QED) is 0.871. The largest absolute Gasteiger partial charge is 0.522 e. The summed E-state index contributed by atoms with van der Waals surface area (Å²) in [5, 5.41) is 8.55. The number of halogens is 3. The Morgan fingerprint density at radius 1 is 1.26 bits per heavy atom. The molecule has 0 fully saturated rings. The number of carboxylic acids is 1. The minimum atomic E-state index is -4.73. The lowest BCUT2D eigenvalue weighted by Gasteiger charge is -2.07. The number of hydrogen-bond acceptors (Lipinski definition) is 3. The molecule has 0 aromatic heterocycles. The molecule has 0 spiro atoms. The highest BCUT2D eigenvalue weighted by molar-refractivity contribution is 7.85. The van der Waals surface area contributed by atoms with Gasteiger partial charge in [-0.1, -0.05) is 12.1 Å². The van der Waals surface area contributed by atoms with Gasteiger partial charge in [0, 0.05) is 4.90 Å². The van der Waals surface area contributed by atoms with Crippen LogP contribution in [0, 0.1) is 0 Å². The predicted molar refractivity (Wildman–Crippen MR) is 61.1 cm³/mol. The van der Waals surface area contributed by atoms with Gasteiger partial charge >= 0.3 is 12.3 Å². The van der Waals surface area contributed by atoms with Crippen molar-refractivity contribution < 1.29 is 32.0 Å². The smallest absolute Gasteiger partial charge is 0.481 e. The van der Waals surface area contributed by atoms with Crippen LogP contribution < -0.4 is 0 Å². The van der Waals surface area contributed by atoms with Crippen LogP contribution >= 0.6 is 0 Å². The number of carboxylic acid groups (broad SMARTS) is 1. The van der Waals surface area contributed by atoms with Gasteiger partial charge in [-0.25, -0.2) is 0 Å². The SMILES string of the molecule is O=C(O)Cc1ccc(S(=O)CCOC(F)(F)F)cc1. The van der Waals surface area contributed by atoms with Gasteiger partial charge in [-0.3, -0.25) is 13.7 Å². The zero-order valence-electron chi connectivity index (χ0n) is 9.64. The average Bonchev–Trinajstić information content (AvgIpc) is 2.27. The average molecular weight is 296 g/mol. The van der Waals surface area contributed by atoms with Crippen LogP contribution in [-0.2, 0) is 26.8 Å². The molecule has 19 heavy (non-hydrogen) atoms. The summed E-state index contributed by atoms with van der Waals surface area (Å²) in [6, 6.07) is 5.82.